The predicted octanol–water partition coefficient (Wildman–Crippen LogP) is 3.21. The summed E-state index contributed by atoms with van der Waals surface area (Å²) in [5.74, 6) is -1.46. The van der Waals surface area contributed by atoms with Gasteiger partial charge in [-0.2, -0.15) is 0 Å². The molecule has 1 unspecified atom stereocenters. The fourth-order valence-electron chi connectivity index (χ4n) is 2.12. The van der Waals surface area contributed by atoms with Crippen LogP contribution < -0.4 is 5.32 Å². The van der Waals surface area contributed by atoms with E-state index >= 15 is 0 Å². The highest BCUT2D eigenvalue weighted by molar-refractivity contribution is 5.79. The van der Waals surface area contributed by atoms with E-state index in [0.29, 0.717) is 17.9 Å². The lowest BCUT2D eigenvalue weighted by Gasteiger charge is -2.19. The van der Waals surface area contributed by atoms with Crippen molar-refractivity contribution in [3.63, 3.8) is 0 Å². The van der Waals surface area contributed by atoms with Gasteiger partial charge in [0.1, 0.15) is 5.82 Å². The lowest BCUT2D eigenvalue weighted by Crippen LogP contribution is -2.22. The number of anilines is 1. The number of carboxylic acids is 1. The van der Waals surface area contributed by atoms with Crippen LogP contribution in [0.2, 0.25) is 0 Å². The second-order valence-corrected chi connectivity index (χ2v) is 4.56. The molecule has 0 aliphatic heterocycles. The Morgan fingerprint density at radius 2 is 2.05 bits per heavy atom. The van der Waals surface area contributed by atoms with Crippen LogP contribution in [0, 0.1) is 5.82 Å². The molecule has 0 aliphatic rings. The molecule has 2 aromatic rings. The summed E-state index contributed by atoms with van der Waals surface area (Å²) in [6.45, 7) is 0.310. The van der Waals surface area contributed by atoms with Crippen molar-refractivity contribution in [1.29, 1.82) is 0 Å². The number of rotatable bonds is 6. The molecule has 21 heavy (non-hydrogen) atoms. The molecule has 0 heterocycles. The van der Waals surface area contributed by atoms with Crippen molar-refractivity contribution in [3.05, 3.63) is 65.5 Å². The molecule has 110 valence electrons. The summed E-state index contributed by atoms with van der Waals surface area (Å²) in [7, 11) is 1.55. The Morgan fingerprint density at radius 3 is 2.71 bits per heavy atom. The average Bonchev–Trinajstić information content (AvgIpc) is 2.46. The van der Waals surface area contributed by atoms with Gasteiger partial charge in [-0.3, -0.25) is 0 Å². The summed E-state index contributed by atoms with van der Waals surface area (Å²) in [6.07, 6.45) is 0. The normalized spacial score (nSPS) is 11.9. The number of ether oxygens (including phenoxy) is 1. The standard InChI is InChI=1S/C16H16FNO3/c1-21-10-11-5-2-3-8-14(11)15(16(19)20)18-13-7-4-6-12(17)9-13/h2-9,15,18H,10H2,1H3,(H,19,20). The van der Waals surface area contributed by atoms with E-state index in [2.05, 4.69) is 5.32 Å². The summed E-state index contributed by atoms with van der Waals surface area (Å²) in [4.78, 5) is 11.5. The Kier molecular flexibility index (Phi) is 4.90. The number of hydrogen-bond donors (Lipinski definition) is 2. The topological polar surface area (TPSA) is 58.6 Å². The van der Waals surface area contributed by atoms with Gasteiger partial charge in [0.15, 0.2) is 6.04 Å². The summed E-state index contributed by atoms with van der Waals surface area (Å²) >= 11 is 0. The number of carboxylic acid groups (broad SMARTS) is 1. The summed E-state index contributed by atoms with van der Waals surface area (Å²) in [6, 6.07) is 11.8. The highest BCUT2D eigenvalue weighted by Gasteiger charge is 2.22. The van der Waals surface area contributed by atoms with Crippen molar-refractivity contribution in [2.45, 2.75) is 12.6 Å². The van der Waals surface area contributed by atoms with Crippen LogP contribution >= 0.6 is 0 Å². The zero-order valence-electron chi connectivity index (χ0n) is 11.5. The van der Waals surface area contributed by atoms with Gasteiger partial charge in [0.05, 0.1) is 6.61 Å². The van der Waals surface area contributed by atoms with E-state index in [1.807, 2.05) is 12.1 Å². The second-order valence-electron chi connectivity index (χ2n) is 4.56. The van der Waals surface area contributed by atoms with E-state index in [0.717, 1.165) is 5.56 Å². The number of halogens is 1. The fraction of sp³-hybridized carbons (Fsp3) is 0.188. The van der Waals surface area contributed by atoms with Gasteiger partial charge in [-0.15, -0.1) is 0 Å². The maximum Gasteiger partial charge on any atom is 0.330 e. The molecule has 0 saturated carbocycles. The van der Waals surface area contributed by atoms with Crippen LogP contribution in [0.1, 0.15) is 17.2 Å². The largest absolute Gasteiger partial charge is 0.479 e. The van der Waals surface area contributed by atoms with Crippen molar-refractivity contribution in [3.8, 4) is 0 Å². The lowest BCUT2D eigenvalue weighted by molar-refractivity contribution is -0.138. The van der Waals surface area contributed by atoms with E-state index in [1.165, 1.54) is 18.2 Å². The number of aliphatic carboxylic acids is 1. The Morgan fingerprint density at radius 1 is 1.29 bits per heavy atom. The Hall–Kier alpha value is -2.40. The molecule has 2 aromatic carbocycles. The number of hydrogen-bond acceptors (Lipinski definition) is 3. The van der Waals surface area contributed by atoms with Crippen molar-refractivity contribution in [2.24, 2.45) is 0 Å². The van der Waals surface area contributed by atoms with Crippen LogP contribution in [0.3, 0.4) is 0 Å². The van der Waals surface area contributed by atoms with Gasteiger partial charge in [0, 0.05) is 12.8 Å². The molecular formula is C16H16FNO3. The zero-order valence-corrected chi connectivity index (χ0v) is 11.5. The fourth-order valence-corrected chi connectivity index (χ4v) is 2.12. The third-order valence-corrected chi connectivity index (χ3v) is 3.05. The number of nitrogens with one attached hydrogen (secondary N) is 1. The monoisotopic (exact) mass is 289 g/mol. The Balaban J connectivity index is 2.33. The first-order valence-electron chi connectivity index (χ1n) is 6.43. The van der Waals surface area contributed by atoms with E-state index in [1.54, 1.807) is 25.3 Å². The maximum absolute atomic E-state index is 13.2. The molecule has 1 atom stereocenters. The molecular weight excluding hydrogens is 273 g/mol. The van der Waals surface area contributed by atoms with Crippen LogP contribution in [-0.4, -0.2) is 18.2 Å². The second kappa shape index (κ2) is 6.85. The Labute approximate surface area is 122 Å². The van der Waals surface area contributed by atoms with Crippen LogP contribution in [-0.2, 0) is 16.1 Å². The SMILES string of the molecule is COCc1ccccc1C(Nc1cccc(F)c1)C(=O)O. The maximum atomic E-state index is 13.2. The van der Waals surface area contributed by atoms with E-state index < -0.39 is 17.8 Å². The molecule has 0 saturated heterocycles. The predicted molar refractivity (Wildman–Crippen MR) is 77.6 cm³/mol. The smallest absolute Gasteiger partial charge is 0.330 e. The summed E-state index contributed by atoms with van der Waals surface area (Å²) in [5, 5.41) is 12.3. The molecule has 0 bridgehead atoms. The number of methoxy groups -OCH3 is 1. The van der Waals surface area contributed by atoms with E-state index in [-0.39, 0.29) is 0 Å². The molecule has 0 aromatic heterocycles. The van der Waals surface area contributed by atoms with Crippen LogP contribution in [0.25, 0.3) is 0 Å². The molecule has 2 rings (SSSR count). The van der Waals surface area contributed by atoms with E-state index in [4.69, 9.17) is 4.74 Å². The summed E-state index contributed by atoms with van der Waals surface area (Å²) < 4.78 is 18.3. The van der Waals surface area contributed by atoms with Crippen molar-refractivity contribution < 1.29 is 19.0 Å². The molecule has 0 fully saturated rings. The van der Waals surface area contributed by atoms with Gasteiger partial charge in [0.2, 0.25) is 0 Å². The molecule has 5 heteroatoms. The van der Waals surface area contributed by atoms with Crippen LogP contribution in [0.15, 0.2) is 48.5 Å². The number of benzene rings is 2. The molecule has 0 spiro atoms. The first kappa shape index (κ1) is 15.0. The molecule has 0 radical (unpaired) electrons. The van der Waals surface area contributed by atoms with Crippen molar-refractivity contribution in [1.82, 2.24) is 0 Å². The number of carbonyl (C=O) groups is 1. The lowest BCUT2D eigenvalue weighted by atomic mass is 10.0. The quantitative estimate of drug-likeness (QED) is 0.857. The molecule has 4 nitrogen and oxygen atoms in total. The summed E-state index contributed by atoms with van der Waals surface area (Å²) in [5.41, 5.74) is 1.78. The highest BCUT2D eigenvalue weighted by Crippen LogP contribution is 2.24. The zero-order chi connectivity index (χ0) is 15.2. The third kappa shape index (κ3) is 3.79. The van der Waals surface area contributed by atoms with Gasteiger partial charge in [-0.1, -0.05) is 30.3 Å². The molecule has 0 aliphatic carbocycles. The van der Waals surface area contributed by atoms with Gasteiger partial charge in [-0.25, -0.2) is 9.18 Å². The van der Waals surface area contributed by atoms with Gasteiger partial charge < -0.3 is 15.2 Å². The van der Waals surface area contributed by atoms with Gasteiger partial charge in [0.25, 0.3) is 0 Å². The van der Waals surface area contributed by atoms with Crippen LogP contribution in [0.4, 0.5) is 10.1 Å². The minimum atomic E-state index is -1.04. The first-order valence-corrected chi connectivity index (χ1v) is 6.43. The molecule has 0 amide bonds. The van der Waals surface area contributed by atoms with Gasteiger partial charge in [-0.05, 0) is 29.3 Å². The van der Waals surface area contributed by atoms with Crippen LogP contribution in [0.5, 0.6) is 0 Å². The van der Waals surface area contributed by atoms with E-state index in [9.17, 15) is 14.3 Å². The average molecular weight is 289 g/mol. The van der Waals surface area contributed by atoms with Gasteiger partial charge >= 0.3 is 5.97 Å². The Bertz CT molecular complexity index is 630. The molecule has 2 N–H and O–H groups in total. The van der Waals surface area contributed by atoms with Crippen molar-refractivity contribution in [2.75, 3.05) is 12.4 Å². The third-order valence-electron chi connectivity index (χ3n) is 3.05. The minimum absolute atomic E-state index is 0.310. The minimum Gasteiger partial charge on any atom is -0.479 e. The van der Waals surface area contributed by atoms with Crippen molar-refractivity contribution >= 4 is 11.7 Å². The highest BCUT2D eigenvalue weighted by atomic mass is 19.1. The first-order chi connectivity index (χ1) is 10.1.